The van der Waals surface area contributed by atoms with Crippen molar-refractivity contribution in [2.45, 2.75) is 46.6 Å². The molecule has 3 rings (SSSR count). The number of nitrogens with one attached hydrogen (secondary N) is 1. The lowest BCUT2D eigenvalue weighted by molar-refractivity contribution is 0.412. The van der Waals surface area contributed by atoms with Crippen LogP contribution in [0, 0.1) is 26.7 Å². The summed E-state index contributed by atoms with van der Waals surface area (Å²) in [6.45, 7) is 7.84. The average Bonchev–Trinajstić information content (AvgIpc) is 3.37. The summed E-state index contributed by atoms with van der Waals surface area (Å²) in [5, 5.41) is 7.56. The maximum absolute atomic E-state index is 12.8. The van der Waals surface area contributed by atoms with Gasteiger partial charge in [-0.2, -0.15) is 5.10 Å². The second kappa shape index (κ2) is 6.26. The Kier molecular flexibility index (Phi) is 4.30. The number of nitrogens with zero attached hydrogens (tertiary/aromatic N) is 3. The van der Waals surface area contributed by atoms with Crippen LogP contribution in [0.2, 0.25) is 0 Å². The van der Waals surface area contributed by atoms with Gasteiger partial charge >= 0.3 is 5.56 Å². The molecule has 2 aromatic rings. The van der Waals surface area contributed by atoms with Crippen LogP contribution in [0.25, 0.3) is 0 Å². The molecule has 1 aliphatic rings. The van der Waals surface area contributed by atoms with Crippen molar-refractivity contribution in [3.05, 3.63) is 39.4 Å². The molecule has 0 saturated heterocycles. The van der Waals surface area contributed by atoms with E-state index in [1.807, 2.05) is 32.9 Å². The maximum atomic E-state index is 12.8. The predicted octanol–water partition coefficient (Wildman–Crippen LogP) is 3.29. The first-order valence-electron chi connectivity index (χ1n) is 8.30. The van der Waals surface area contributed by atoms with Gasteiger partial charge in [-0.1, -0.05) is 0 Å². The molecular weight excluding hydrogens is 304 g/mol. The van der Waals surface area contributed by atoms with Crippen molar-refractivity contribution in [3.63, 3.8) is 0 Å². The summed E-state index contributed by atoms with van der Waals surface area (Å²) in [5.41, 5.74) is 2.72. The van der Waals surface area contributed by atoms with Gasteiger partial charge in [0.2, 0.25) is 5.82 Å². The van der Waals surface area contributed by atoms with Crippen LogP contribution in [0.3, 0.4) is 0 Å². The molecule has 0 bridgehead atoms. The third-order valence-corrected chi connectivity index (χ3v) is 4.61. The highest BCUT2D eigenvalue weighted by molar-refractivity contribution is 5.65. The zero-order valence-electron chi connectivity index (χ0n) is 14.9. The lowest BCUT2D eigenvalue weighted by Crippen LogP contribution is -2.30. The number of aryl methyl sites for hydroxylation is 3. The Hall–Kier alpha value is -2.37. The molecule has 1 atom stereocenters. The van der Waals surface area contributed by atoms with E-state index in [9.17, 15) is 4.79 Å². The monoisotopic (exact) mass is 328 g/mol. The molecule has 0 amide bonds. The minimum atomic E-state index is -0.172. The normalized spacial score (nSPS) is 15.2. The Morgan fingerprint density at radius 3 is 2.42 bits per heavy atom. The molecule has 6 heteroatoms. The molecule has 1 aromatic carbocycles. The summed E-state index contributed by atoms with van der Waals surface area (Å²) >= 11 is 0. The molecule has 1 aromatic heterocycles. The zero-order valence-corrected chi connectivity index (χ0v) is 14.9. The van der Waals surface area contributed by atoms with Crippen molar-refractivity contribution in [2.75, 3.05) is 12.4 Å². The van der Waals surface area contributed by atoms with Crippen LogP contribution in [0.15, 0.2) is 16.9 Å². The van der Waals surface area contributed by atoms with E-state index in [0.717, 1.165) is 35.4 Å². The van der Waals surface area contributed by atoms with Gasteiger partial charge in [0.05, 0.1) is 13.2 Å². The first-order valence-corrected chi connectivity index (χ1v) is 8.30. The summed E-state index contributed by atoms with van der Waals surface area (Å²) in [6.07, 6.45) is 2.33. The van der Waals surface area contributed by atoms with Gasteiger partial charge in [0.25, 0.3) is 0 Å². The minimum Gasteiger partial charge on any atom is -0.497 e. The molecule has 1 saturated carbocycles. The molecule has 1 fully saturated rings. The fourth-order valence-electron chi connectivity index (χ4n) is 3.03. The molecule has 0 spiro atoms. The van der Waals surface area contributed by atoms with Crippen molar-refractivity contribution in [2.24, 2.45) is 5.92 Å². The zero-order chi connectivity index (χ0) is 17.4. The fraction of sp³-hybridized carbons (Fsp3) is 0.500. The van der Waals surface area contributed by atoms with Crippen LogP contribution in [-0.2, 0) is 0 Å². The van der Waals surface area contributed by atoms with E-state index < -0.39 is 0 Å². The topological polar surface area (TPSA) is 69.0 Å². The Bertz CT molecular complexity index is 801. The van der Waals surface area contributed by atoms with Crippen LogP contribution >= 0.6 is 0 Å². The maximum Gasteiger partial charge on any atom is 0.310 e. The Balaban J connectivity index is 2.00. The second-order valence-electron chi connectivity index (χ2n) is 6.60. The van der Waals surface area contributed by atoms with E-state index in [1.54, 1.807) is 11.8 Å². The number of hydrogen-bond acceptors (Lipinski definition) is 5. The number of aromatic nitrogens is 3. The van der Waals surface area contributed by atoms with Gasteiger partial charge in [0.15, 0.2) is 0 Å². The summed E-state index contributed by atoms with van der Waals surface area (Å²) in [4.78, 5) is 17.1. The quantitative estimate of drug-likeness (QED) is 0.912. The number of anilines is 2. The van der Waals surface area contributed by atoms with E-state index >= 15 is 0 Å². The lowest BCUT2D eigenvalue weighted by atomic mass is 10.1. The predicted molar refractivity (Wildman–Crippen MR) is 94.2 cm³/mol. The Morgan fingerprint density at radius 2 is 1.88 bits per heavy atom. The van der Waals surface area contributed by atoms with Crippen LogP contribution in [0.1, 0.15) is 42.8 Å². The molecule has 1 aliphatic carbocycles. The van der Waals surface area contributed by atoms with E-state index in [4.69, 9.17) is 4.74 Å². The Morgan fingerprint density at radius 1 is 1.25 bits per heavy atom. The standard InChI is InChI=1S/C18H24N4O2/c1-10-8-15(24-5)9-11(2)16(10)20-17-18(23)22(21-13(4)19-17)12(3)14-6-7-14/h8-9,12,14H,6-7H2,1-5H3,(H,19,20,21). The van der Waals surface area contributed by atoms with Crippen molar-refractivity contribution in [1.29, 1.82) is 0 Å². The largest absolute Gasteiger partial charge is 0.497 e. The highest BCUT2D eigenvalue weighted by atomic mass is 16.5. The van der Waals surface area contributed by atoms with Crippen LogP contribution in [0.4, 0.5) is 11.5 Å². The van der Waals surface area contributed by atoms with Crippen molar-refractivity contribution >= 4 is 11.5 Å². The van der Waals surface area contributed by atoms with Gasteiger partial charge < -0.3 is 10.1 Å². The molecule has 1 unspecified atom stereocenters. The first-order chi connectivity index (χ1) is 11.4. The van der Waals surface area contributed by atoms with E-state index in [0.29, 0.717) is 17.6 Å². The van der Waals surface area contributed by atoms with Crippen LogP contribution in [0.5, 0.6) is 5.75 Å². The van der Waals surface area contributed by atoms with Crippen LogP contribution < -0.4 is 15.6 Å². The number of hydrogen-bond donors (Lipinski definition) is 1. The van der Waals surface area contributed by atoms with Gasteiger partial charge in [-0.15, -0.1) is 0 Å². The highest BCUT2D eigenvalue weighted by Gasteiger charge is 2.31. The molecule has 1 heterocycles. The van der Waals surface area contributed by atoms with E-state index in [2.05, 4.69) is 22.3 Å². The third-order valence-electron chi connectivity index (χ3n) is 4.61. The molecular formula is C18H24N4O2. The van der Waals surface area contributed by atoms with E-state index in [-0.39, 0.29) is 11.6 Å². The van der Waals surface area contributed by atoms with Crippen molar-refractivity contribution in [3.8, 4) is 5.75 Å². The van der Waals surface area contributed by atoms with Gasteiger partial charge in [-0.25, -0.2) is 9.67 Å². The summed E-state index contributed by atoms with van der Waals surface area (Å²) in [5.74, 6) is 2.27. The summed E-state index contributed by atoms with van der Waals surface area (Å²) in [6, 6.07) is 3.99. The first kappa shape index (κ1) is 16.5. The highest BCUT2D eigenvalue weighted by Crippen LogP contribution is 2.38. The minimum absolute atomic E-state index is 0.109. The van der Waals surface area contributed by atoms with Crippen molar-refractivity contribution in [1.82, 2.24) is 14.8 Å². The van der Waals surface area contributed by atoms with Gasteiger partial charge in [0.1, 0.15) is 11.6 Å². The van der Waals surface area contributed by atoms with E-state index in [1.165, 1.54) is 0 Å². The average molecular weight is 328 g/mol. The molecule has 0 radical (unpaired) electrons. The van der Waals surface area contributed by atoms with Gasteiger partial charge in [-0.05, 0) is 69.7 Å². The fourth-order valence-corrected chi connectivity index (χ4v) is 3.03. The number of benzene rings is 1. The second-order valence-corrected chi connectivity index (χ2v) is 6.60. The number of methoxy groups -OCH3 is 1. The molecule has 1 N–H and O–H groups in total. The smallest absolute Gasteiger partial charge is 0.310 e. The Labute approximate surface area is 141 Å². The SMILES string of the molecule is COc1cc(C)c(Nc2nc(C)nn(C(C)C3CC3)c2=O)c(C)c1. The molecule has 6 nitrogen and oxygen atoms in total. The molecule has 0 aliphatic heterocycles. The molecule has 128 valence electrons. The summed E-state index contributed by atoms with van der Waals surface area (Å²) < 4.78 is 6.87. The third kappa shape index (κ3) is 3.13. The number of rotatable bonds is 5. The van der Waals surface area contributed by atoms with Crippen molar-refractivity contribution < 1.29 is 4.74 Å². The van der Waals surface area contributed by atoms with Gasteiger partial charge in [0, 0.05) is 5.69 Å². The molecule has 24 heavy (non-hydrogen) atoms. The van der Waals surface area contributed by atoms with Crippen LogP contribution in [-0.4, -0.2) is 21.9 Å². The summed E-state index contributed by atoms with van der Waals surface area (Å²) in [7, 11) is 1.65. The number of ether oxygens (including phenoxy) is 1. The lowest BCUT2D eigenvalue weighted by Gasteiger charge is -2.17. The van der Waals surface area contributed by atoms with Gasteiger partial charge in [-0.3, -0.25) is 4.79 Å².